The minimum atomic E-state index is 1.00. The highest BCUT2D eigenvalue weighted by atomic mass is 14.2. The zero-order valence-electron chi connectivity index (χ0n) is 22.0. The molecule has 1 aliphatic carbocycles. The molecular weight excluding hydrogens is 348 g/mol. The van der Waals surface area contributed by atoms with Crippen molar-refractivity contribution < 1.29 is 0 Å². The standard InChI is InChI=1S/C8H16.C8H10.C5H12.C4H10.C4H8/c2*1-7-5-3-4-6-8(7)2;1-3-5-4-2;2*1-3-4-2/h7-8H,3-6H2,1-2H3;3-6H,1-2H3;3-5H2,1-2H3;3-4H2,1-2H3;3-4H,1-2H3/b;;;;4-3-. The molecule has 0 saturated heterocycles. The number of allylic oxidation sites excluding steroid dienone is 2. The molecule has 0 spiro atoms. The molecule has 0 amide bonds. The second kappa shape index (κ2) is 27.0. The maximum Gasteiger partial charge on any atom is -0.0395 e. The zero-order chi connectivity index (χ0) is 22.9. The topological polar surface area (TPSA) is 0 Å². The molecule has 0 nitrogen and oxygen atoms in total. The van der Waals surface area contributed by atoms with E-state index in [4.69, 9.17) is 0 Å². The maximum atomic E-state index is 2.38. The first-order valence-electron chi connectivity index (χ1n) is 12.4. The number of unbranched alkanes of at least 4 members (excludes halogenated alkanes) is 3. The van der Waals surface area contributed by atoms with Gasteiger partial charge in [-0.2, -0.15) is 0 Å². The van der Waals surface area contributed by atoms with Crippen molar-refractivity contribution in [3.8, 4) is 0 Å². The minimum absolute atomic E-state index is 1.00. The molecule has 0 heterocycles. The Balaban J connectivity index is -0.000000304. The maximum absolute atomic E-state index is 2.38. The highest BCUT2D eigenvalue weighted by Gasteiger charge is 2.15. The average molecular weight is 405 g/mol. The van der Waals surface area contributed by atoms with Crippen LogP contribution in [0.2, 0.25) is 0 Å². The Morgan fingerprint density at radius 1 is 0.690 bits per heavy atom. The molecule has 29 heavy (non-hydrogen) atoms. The van der Waals surface area contributed by atoms with Gasteiger partial charge in [0.25, 0.3) is 0 Å². The molecule has 1 aromatic rings. The van der Waals surface area contributed by atoms with Crippen LogP contribution < -0.4 is 0 Å². The smallest absolute Gasteiger partial charge is 0.0395 e. The summed E-state index contributed by atoms with van der Waals surface area (Å²) >= 11 is 0. The monoisotopic (exact) mass is 404 g/mol. The molecule has 0 aliphatic heterocycles. The first-order chi connectivity index (χ1) is 13.9. The predicted octanol–water partition coefficient (Wildman–Crippen LogP) is 10.7. The van der Waals surface area contributed by atoms with E-state index in [2.05, 4.69) is 79.7 Å². The molecular formula is C29H56. The van der Waals surface area contributed by atoms with Gasteiger partial charge in [0.05, 0.1) is 0 Å². The van der Waals surface area contributed by atoms with Crippen molar-refractivity contribution in [2.75, 3.05) is 0 Å². The van der Waals surface area contributed by atoms with Crippen LogP contribution >= 0.6 is 0 Å². The van der Waals surface area contributed by atoms with Gasteiger partial charge in [-0.25, -0.2) is 0 Å². The molecule has 2 rings (SSSR count). The van der Waals surface area contributed by atoms with E-state index >= 15 is 0 Å². The summed E-state index contributed by atoms with van der Waals surface area (Å²) in [6, 6.07) is 8.36. The van der Waals surface area contributed by atoms with Crippen LogP contribution in [0, 0.1) is 25.7 Å². The van der Waals surface area contributed by atoms with Gasteiger partial charge in [0, 0.05) is 0 Å². The average Bonchev–Trinajstić information content (AvgIpc) is 2.74. The second-order valence-corrected chi connectivity index (χ2v) is 8.34. The van der Waals surface area contributed by atoms with E-state index in [1.54, 1.807) is 0 Å². The van der Waals surface area contributed by atoms with Crippen molar-refractivity contribution in [2.45, 2.75) is 127 Å². The first-order valence-corrected chi connectivity index (χ1v) is 12.4. The van der Waals surface area contributed by atoms with Crippen molar-refractivity contribution in [3.63, 3.8) is 0 Å². The summed E-state index contributed by atoms with van der Waals surface area (Å²) in [5.41, 5.74) is 2.74. The molecule has 172 valence electrons. The number of aryl methyl sites for hydroxylation is 2. The SMILES string of the molecule is C/C=C\C.CC1CCCCC1C.CCCC.CCCCC.Cc1ccccc1C. The Morgan fingerprint density at radius 2 is 1.03 bits per heavy atom. The second-order valence-electron chi connectivity index (χ2n) is 8.34. The van der Waals surface area contributed by atoms with Crippen LogP contribution in [0.5, 0.6) is 0 Å². The van der Waals surface area contributed by atoms with Crippen LogP contribution in [-0.2, 0) is 0 Å². The summed E-state index contributed by atoms with van der Waals surface area (Å²) in [6.07, 6.45) is 16.6. The van der Waals surface area contributed by atoms with Crippen LogP contribution in [0.1, 0.15) is 124 Å². The van der Waals surface area contributed by atoms with E-state index in [0.717, 1.165) is 11.8 Å². The van der Waals surface area contributed by atoms with Crippen molar-refractivity contribution in [2.24, 2.45) is 11.8 Å². The molecule has 2 unspecified atom stereocenters. The van der Waals surface area contributed by atoms with Crippen molar-refractivity contribution in [1.82, 2.24) is 0 Å². The van der Waals surface area contributed by atoms with Gasteiger partial charge in [-0.1, -0.05) is 136 Å². The van der Waals surface area contributed by atoms with Crippen molar-refractivity contribution in [3.05, 3.63) is 47.5 Å². The minimum Gasteiger partial charge on any atom is -0.0919 e. The third-order valence-electron chi connectivity index (χ3n) is 5.51. The van der Waals surface area contributed by atoms with E-state index in [9.17, 15) is 0 Å². The van der Waals surface area contributed by atoms with Gasteiger partial charge in [0.15, 0.2) is 0 Å². The lowest BCUT2D eigenvalue weighted by atomic mass is 9.82. The van der Waals surface area contributed by atoms with E-state index in [1.807, 2.05) is 26.0 Å². The number of hydrogen-bond acceptors (Lipinski definition) is 0. The van der Waals surface area contributed by atoms with Crippen LogP contribution in [-0.4, -0.2) is 0 Å². The van der Waals surface area contributed by atoms with Crippen LogP contribution in [0.3, 0.4) is 0 Å². The van der Waals surface area contributed by atoms with Gasteiger partial charge in [-0.05, 0) is 50.7 Å². The molecule has 1 aromatic carbocycles. The Labute approximate surface area is 186 Å². The van der Waals surface area contributed by atoms with Crippen LogP contribution in [0.25, 0.3) is 0 Å². The lowest BCUT2D eigenvalue weighted by molar-refractivity contribution is 0.277. The largest absolute Gasteiger partial charge is 0.0919 e. The van der Waals surface area contributed by atoms with E-state index < -0.39 is 0 Å². The summed E-state index contributed by atoms with van der Waals surface area (Å²) in [4.78, 5) is 0. The van der Waals surface area contributed by atoms with Crippen LogP contribution in [0.15, 0.2) is 36.4 Å². The van der Waals surface area contributed by atoms with Gasteiger partial charge in [-0.15, -0.1) is 0 Å². The Hall–Kier alpha value is -1.04. The van der Waals surface area contributed by atoms with E-state index in [-0.39, 0.29) is 0 Å². The summed E-state index contributed by atoms with van der Waals surface area (Å²) in [7, 11) is 0. The quantitative estimate of drug-likeness (QED) is 0.439. The molecule has 1 fully saturated rings. The van der Waals surface area contributed by atoms with Crippen molar-refractivity contribution in [1.29, 1.82) is 0 Å². The molecule has 0 heteroatoms. The van der Waals surface area contributed by atoms with Gasteiger partial charge in [0.1, 0.15) is 0 Å². The normalized spacial score (nSPS) is 17.3. The summed E-state index contributed by atoms with van der Waals surface area (Å²) < 4.78 is 0. The summed E-state index contributed by atoms with van der Waals surface area (Å²) in [5, 5.41) is 0. The Morgan fingerprint density at radius 3 is 1.17 bits per heavy atom. The predicted molar refractivity (Wildman–Crippen MR) is 139 cm³/mol. The number of benzene rings is 1. The fourth-order valence-corrected chi connectivity index (χ4v) is 2.52. The molecule has 2 atom stereocenters. The Bertz CT molecular complexity index is 390. The fourth-order valence-electron chi connectivity index (χ4n) is 2.52. The van der Waals surface area contributed by atoms with Crippen LogP contribution in [0.4, 0.5) is 0 Å². The van der Waals surface area contributed by atoms with Gasteiger partial charge in [0.2, 0.25) is 0 Å². The summed E-state index contributed by atoms with van der Waals surface area (Å²) in [5.74, 6) is 2.01. The highest BCUT2D eigenvalue weighted by molar-refractivity contribution is 5.23. The lowest BCUT2D eigenvalue weighted by Gasteiger charge is -2.24. The fraction of sp³-hybridized carbons (Fsp3) is 0.724. The van der Waals surface area contributed by atoms with Gasteiger partial charge in [-0.3, -0.25) is 0 Å². The van der Waals surface area contributed by atoms with Gasteiger partial charge >= 0.3 is 0 Å². The number of rotatable bonds is 3. The van der Waals surface area contributed by atoms with E-state index in [1.165, 1.54) is 68.9 Å². The molecule has 0 aromatic heterocycles. The molecule has 0 bridgehead atoms. The Kier molecular flexibility index (Phi) is 30.3. The van der Waals surface area contributed by atoms with Crippen molar-refractivity contribution >= 4 is 0 Å². The van der Waals surface area contributed by atoms with E-state index in [0.29, 0.717) is 0 Å². The highest BCUT2D eigenvalue weighted by Crippen LogP contribution is 2.28. The lowest BCUT2D eigenvalue weighted by Crippen LogP contribution is -2.12. The molecule has 0 N–H and O–H groups in total. The first kappa shape index (κ1) is 32.6. The zero-order valence-corrected chi connectivity index (χ0v) is 22.0. The summed E-state index contributed by atoms with van der Waals surface area (Å²) in [6.45, 7) is 21.8. The molecule has 0 radical (unpaired) electrons. The third kappa shape index (κ3) is 27.0. The molecule has 1 aliphatic rings. The molecule has 1 saturated carbocycles. The van der Waals surface area contributed by atoms with Gasteiger partial charge < -0.3 is 0 Å². The third-order valence-corrected chi connectivity index (χ3v) is 5.51. The number of hydrogen-bond donors (Lipinski definition) is 0.